The van der Waals surface area contributed by atoms with Crippen LogP contribution in [0.25, 0.3) is 0 Å². The summed E-state index contributed by atoms with van der Waals surface area (Å²) in [4.78, 5) is 0. The average Bonchev–Trinajstić information content (AvgIpc) is 1.97. The summed E-state index contributed by atoms with van der Waals surface area (Å²) in [6, 6.07) is 2.24. The average molecular weight is 477 g/mol. The molecule has 0 nitrogen and oxygen atoms in total. The highest BCUT2D eigenvalue weighted by atomic mass is 127. The van der Waals surface area contributed by atoms with Gasteiger partial charge in [-0.05, 0) is 73.2 Å². The summed E-state index contributed by atoms with van der Waals surface area (Å²) in [6.45, 7) is 0. The quantitative estimate of drug-likeness (QED) is 0.377. The molecule has 1 aromatic rings. The first-order valence-electron chi connectivity index (χ1n) is 3.04. The van der Waals surface area contributed by atoms with Crippen molar-refractivity contribution in [3.05, 3.63) is 29.3 Å². The summed E-state index contributed by atoms with van der Waals surface area (Å²) in [5.41, 5.74) is -0.607. The van der Waals surface area contributed by atoms with Crippen LogP contribution in [-0.2, 0) is 6.18 Å². The molecule has 0 radical (unpaired) electrons. The van der Waals surface area contributed by atoms with E-state index in [0.717, 1.165) is 12.1 Å². The van der Waals surface area contributed by atoms with E-state index >= 15 is 0 Å². The number of alkyl halides is 3. The third-order valence-corrected chi connectivity index (χ3v) is 5.35. The molecule has 6 heteroatoms. The van der Waals surface area contributed by atoms with Gasteiger partial charge >= 0.3 is 6.18 Å². The van der Waals surface area contributed by atoms with Crippen molar-refractivity contribution in [1.29, 1.82) is 0 Å². The Bertz CT molecular complexity index is 312. The van der Waals surface area contributed by atoms with Crippen LogP contribution in [0.15, 0.2) is 16.6 Å². The minimum absolute atomic E-state index is 0.567. The van der Waals surface area contributed by atoms with Gasteiger partial charge in [0.1, 0.15) is 0 Å². The normalized spacial score (nSPS) is 11.8. The second-order valence-electron chi connectivity index (χ2n) is 2.25. The van der Waals surface area contributed by atoms with Crippen LogP contribution in [-0.4, -0.2) is 0 Å². The third kappa shape index (κ3) is 2.95. The summed E-state index contributed by atoms with van der Waals surface area (Å²) >= 11 is 6.93. The van der Waals surface area contributed by atoms with Crippen LogP contribution in [0.5, 0.6) is 0 Å². The SMILES string of the molecule is FC(F)(F)c1cc(I)c(Br)c(I)c1. The van der Waals surface area contributed by atoms with E-state index in [9.17, 15) is 13.2 Å². The van der Waals surface area contributed by atoms with Crippen molar-refractivity contribution in [3.63, 3.8) is 0 Å². The molecular formula is C7H2BrF3I2. The zero-order valence-corrected chi connectivity index (χ0v) is 11.8. The molecule has 0 aromatic heterocycles. The van der Waals surface area contributed by atoms with Gasteiger partial charge in [0, 0.05) is 11.6 Å². The second kappa shape index (κ2) is 4.21. The number of rotatable bonds is 0. The second-order valence-corrected chi connectivity index (χ2v) is 5.37. The third-order valence-electron chi connectivity index (χ3n) is 1.31. The summed E-state index contributed by atoms with van der Waals surface area (Å²) in [5.74, 6) is 0. The Morgan fingerprint density at radius 1 is 1.08 bits per heavy atom. The monoisotopic (exact) mass is 476 g/mol. The standard InChI is InChI=1S/C7H2BrF3I2/c8-6-4(12)1-3(2-5(6)13)7(9,10)11/h1-2H. The Kier molecular flexibility index (Phi) is 3.90. The summed E-state index contributed by atoms with van der Waals surface area (Å²) in [7, 11) is 0. The first kappa shape index (κ1) is 12.0. The molecule has 0 amide bonds. The molecule has 0 atom stereocenters. The van der Waals surface area contributed by atoms with E-state index in [1.54, 1.807) is 0 Å². The van der Waals surface area contributed by atoms with Crippen molar-refractivity contribution in [2.45, 2.75) is 6.18 Å². The zero-order valence-electron chi connectivity index (χ0n) is 5.92. The first-order valence-corrected chi connectivity index (χ1v) is 5.99. The van der Waals surface area contributed by atoms with E-state index in [2.05, 4.69) is 15.9 Å². The maximum Gasteiger partial charge on any atom is 0.416 e. The molecule has 1 rings (SSSR count). The van der Waals surface area contributed by atoms with Gasteiger partial charge in [0.05, 0.1) is 5.56 Å². The van der Waals surface area contributed by atoms with Gasteiger partial charge in [-0.2, -0.15) is 13.2 Å². The predicted octanol–water partition coefficient (Wildman–Crippen LogP) is 4.68. The summed E-state index contributed by atoms with van der Waals surface area (Å²) < 4.78 is 38.6. The van der Waals surface area contributed by atoms with Gasteiger partial charge in [-0.25, -0.2) is 0 Å². The van der Waals surface area contributed by atoms with Crippen molar-refractivity contribution >= 4 is 61.1 Å². The molecule has 0 spiro atoms. The molecule has 0 aliphatic carbocycles. The predicted molar refractivity (Wildman–Crippen MR) is 64.6 cm³/mol. The molecule has 0 bridgehead atoms. The zero-order chi connectivity index (χ0) is 10.2. The lowest BCUT2D eigenvalue weighted by Gasteiger charge is -2.09. The van der Waals surface area contributed by atoms with Gasteiger partial charge in [0.15, 0.2) is 0 Å². The van der Waals surface area contributed by atoms with Gasteiger partial charge in [0.25, 0.3) is 0 Å². The lowest BCUT2D eigenvalue weighted by Crippen LogP contribution is -2.05. The van der Waals surface area contributed by atoms with Crippen LogP contribution in [0.1, 0.15) is 5.56 Å². The van der Waals surface area contributed by atoms with Crippen molar-refractivity contribution in [1.82, 2.24) is 0 Å². The maximum absolute atomic E-state index is 12.3. The van der Waals surface area contributed by atoms with Crippen LogP contribution in [0.2, 0.25) is 0 Å². The van der Waals surface area contributed by atoms with E-state index in [4.69, 9.17) is 0 Å². The Morgan fingerprint density at radius 3 is 1.77 bits per heavy atom. The fourth-order valence-electron chi connectivity index (χ4n) is 0.719. The lowest BCUT2D eigenvalue weighted by molar-refractivity contribution is -0.137. The van der Waals surface area contributed by atoms with Gasteiger partial charge in [-0.15, -0.1) is 0 Å². The molecule has 0 fully saturated rings. The van der Waals surface area contributed by atoms with Crippen LogP contribution in [0, 0.1) is 7.14 Å². The van der Waals surface area contributed by atoms with E-state index < -0.39 is 11.7 Å². The number of hydrogen-bond acceptors (Lipinski definition) is 0. The molecule has 0 aliphatic heterocycles. The molecule has 0 saturated carbocycles. The van der Waals surface area contributed by atoms with Crippen molar-refractivity contribution in [2.24, 2.45) is 0 Å². The van der Waals surface area contributed by atoms with Crippen LogP contribution < -0.4 is 0 Å². The molecule has 0 aliphatic rings. The first-order chi connectivity index (χ1) is 5.82. The fraction of sp³-hybridized carbons (Fsp3) is 0.143. The summed E-state index contributed by atoms with van der Waals surface area (Å²) in [6.07, 6.45) is -4.26. The number of halogens is 6. The highest BCUT2D eigenvalue weighted by molar-refractivity contribution is 14.1. The van der Waals surface area contributed by atoms with Crippen LogP contribution >= 0.6 is 61.1 Å². The molecule has 0 unspecified atom stereocenters. The molecule has 13 heavy (non-hydrogen) atoms. The number of benzene rings is 1. The van der Waals surface area contributed by atoms with Gasteiger partial charge < -0.3 is 0 Å². The van der Waals surface area contributed by atoms with Crippen molar-refractivity contribution < 1.29 is 13.2 Å². The molecule has 0 heterocycles. The molecule has 0 saturated heterocycles. The maximum atomic E-state index is 12.3. The topological polar surface area (TPSA) is 0 Å². The Morgan fingerprint density at radius 2 is 1.46 bits per heavy atom. The summed E-state index contributed by atoms with van der Waals surface area (Å²) in [5, 5.41) is 0. The highest BCUT2D eigenvalue weighted by Crippen LogP contribution is 2.34. The molecule has 72 valence electrons. The van der Waals surface area contributed by atoms with E-state index in [0.29, 0.717) is 11.6 Å². The molecular weight excluding hydrogens is 475 g/mol. The Balaban J connectivity index is 3.29. The lowest BCUT2D eigenvalue weighted by atomic mass is 10.2. The van der Waals surface area contributed by atoms with E-state index in [-0.39, 0.29) is 0 Å². The smallest absolute Gasteiger partial charge is 0.166 e. The van der Waals surface area contributed by atoms with Gasteiger partial charge in [-0.3, -0.25) is 0 Å². The van der Waals surface area contributed by atoms with Gasteiger partial charge in [-0.1, -0.05) is 0 Å². The fourth-order valence-corrected chi connectivity index (χ4v) is 2.72. The van der Waals surface area contributed by atoms with E-state index in [1.807, 2.05) is 45.2 Å². The van der Waals surface area contributed by atoms with Gasteiger partial charge in [0.2, 0.25) is 0 Å². The number of hydrogen-bond donors (Lipinski definition) is 0. The van der Waals surface area contributed by atoms with Crippen LogP contribution in [0.4, 0.5) is 13.2 Å². The van der Waals surface area contributed by atoms with Crippen molar-refractivity contribution in [2.75, 3.05) is 0 Å². The highest BCUT2D eigenvalue weighted by Gasteiger charge is 2.31. The largest absolute Gasteiger partial charge is 0.416 e. The minimum atomic E-state index is -4.26. The Hall–Kier alpha value is 0.950. The van der Waals surface area contributed by atoms with Crippen molar-refractivity contribution in [3.8, 4) is 0 Å². The minimum Gasteiger partial charge on any atom is -0.166 e. The van der Waals surface area contributed by atoms with E-state index in [1.165, 1.54) is 0 Å². The molecule has 1 aromatic carbocycles. The van der Waals surface area contributed by atoms with Crippen LogP contribution in [0.3, 0.4) is 0 Å². The Labute approximate surface area is 109 Å². The molecule has 0 N–H and O–H groups in total.